The van der Waals surface area contributed by atoms with Crippen molar-refractivity contribution in [1.82, 2.24) is 4.98 Å². The first-order chi connectivity index (χ1) is 11.1. The van der Waals surface area contributed by atoms with Crippen LogP contribution in [-0.4, -0.2) is 10.9 Å². The lowest BCUT2D eigenvalue weighted by atomic mass is 10.1. The van der Waals surface area contributed by atoms with E-state index in [9.17, 15) is 4.79 Å². The second-order valence-electron chi connectivity index (χ2n) is 5.40. The van der Waals surface area contributed by atoms with Crippen molar-refractivity contribution in [3.63, 3.8) is 0 Å². The zero-order chi connectivity index (χ0) is 16.0. The molecule has 0 fully saturated rings. The first-order valence-corrected chi connectivity index (χ1v) is 8.10. The normalized spacial score (nSPS) is 11.2. The number of hydrogen-bond donors (Lipinski definition) is 1. The Balaban J connectivity index is 1.70. The Kier molecular flexibility index (Phi) is 3.16. The van der Waals surface area contributed by atoms with Gasteiger partial charge in [-0.1, -0.05) is 24.3 Å². The van der Waals surface area contributed by atoms with Gasteiger partial charge in [0.25, 0.3) is 5.91 Å². The second kappa shape index (κ2) is 5.21. The van der Waals surface area contributed by atoms with E-state index in [2.05, 4.69) is 10.3 Å². The van der Waals surface area contributed by atoms with Gasteiger partial charge in [0.2, 0.25) is 0 Å². The topological polar surface area (TPSA) is 55.1 Å². The number of anilines is 1. The van der Waals surface area contributed by atoms with Gasteiger partial charge < -0.3 is 9.73 Å². The van der Waals surface area contributed by atoms with Crippen LogP contribution in [0.3, 0.4) is 0 Å². The minimum absolute atomic E-state index is 0.241. The lowest BCUT2D eigenvalue weighted by molar-refractivity contribution is 0.0997. The smallest absolute Gasteiger partial charge is 0.292 e. The van der Waals surface area contributed by atoms with Crippen molar-refractivity contribution in [3.05, 3.63) is 59.0 Å². The van der Waals surface area contributed by atoms with Crippen molar-refractivity contribution < 1.29 is 9.21 Å². The van der Waals surface area contributed by atoms with Crippen molar-refractivity contribution in [2.24, 2.45) is 0 Å². The van der Waals surface area contributed by atoms with E-state index in [-0.39, 0.29) is 5.91 Å². The average Bonchev–Trinajstić information content (AvgIpc) is 3.07. The molecule has 0 aliphatic rings. The number of fused-ring (bicyclic) bond motifs is 2. The van der Waals surface area contributed by atoms with Crippen molar-refractivity contribution in [1.29, 1.82) is 0 Å². The molecule has 0 unspecified atom stereocenters. The van der Waals surface area contributed by atoms with Crippen LogP contribution in [0.2, 0.25) is 0 Å². The highest BCUT2D eigenvalue weighted by atomic mass is 32.1. The van der Waals surface area contributed by atoms with Gasteiger partial charge in [0, 0.05) is 16.5 Å². The molecule has 2 aromatic carbocycles. The van der Waals surface area contributed by atoms with Gasteiger partial charge in [0.15, 0.2) is 5.76 Å². The minimum Gasteiger partial charge on any atom is -0.455 e. The Morgan fingerprint density at radius 2 is 1.91 bits per heavy atom. The van der Waals surface area contributed by atoms with Gasteiger partial charge in [-0.15, -0.1) is 11.3 Å². The van der Waals surface area contributed by atoms with Crippen molar-refractivity contribution in [2.45, 2.75) is 13.8 Å². The Bertz CT molecular complexity index is 1050. The van der Waals surface area contributed by atoms with Crippen molar-refractivity contribution in [3.8, 4) is 0 Å². The summed E-state index contributed by atoms with van der Waals surface area (Å²) in [6.45, 7) is 3.84. The third kappa shape index (κ3) is 2.39. The molecule has 23 heavy (non-hydrogen) atoms. The SMILES string of the molecule is Cc1nc2ccc(NC(=O)c3oc(C)c4ccccc34)cc2s1. The van der Waals surface area contributed by atoms with Crippen LogP contribution in [0.4, 0.5) is 5.69 Å². The van der Waals surface area contributed by atoms with Gasteiger partial charge in [0.05, 0.1) is 15.2 Å². The molecule has 114 valence electrons. The number of aromatic nitrogens is 1. The van der Waals surface area contributed by atoms with Gasteiger partial charge in [-0.25, -0.2) is 4.98 Å². The third-order valence-corrected chi connectivity index (χ3v) is 4.70. The molecule has 0 radical (unpaired) electrons. The summed E-state index contributed by atoms with van der Waals surface area (Å²) in [5, 5.41) is 5.72. The van der Waals surface area contributed by atoms with Crippen molar-refractivity contribution in [2.75, 3.05) is 5.32 Å². The van der Waals surface area contributed by atoms with Crippen LogP contribution < -0.4 is 5.32 Å². The predicted molar refractivity (Wildman–Crippen MR) is 93.3 cm³/mol. The lowest BCUT2D eigenvalue weighted by Gasteiger charge is -2.03. The summed E-state index contributed by atoms with van der Waals surface area (Å²) in [4.78, 5) is 17.0. The first kappa shape index (κ1) is 14.0. The monoisotopic (exact) mass is 322 g/mol. The molecule has 0 bridgehead atoms. The fraction of sp³-hybridized carbons (Fsp3) is 0.111. The molecule has 0 saturated heterocycles. The highest BCUT2D eigenvalue weighted by Gasteiger charge is 2.17. The summed E-state index contributed by atoms with van der Waals surface area (Å²) in [5.41, 5.74) is 1.69. The molecule has 1 N–H and O–H groups in total. The lowest BCUT2D eigenvalue weighted by Crippen LogP contribution is -2.11. The molecular formula is C18H14N2O2S. The van der Waals surface area contributed by atoms with Gasteiger partial charge in [-0.05, 0) is 32.0 Å². The number of nitrogens with one attached hydrogen (secondary N) is 1. The molecule has 4 aromatic rings. The fourth-order valence-corrected chi connectivity index (χ4v) is 3.59. The van der Waals surface area contributed by atoms with E-state index in [0.29, 0.717) is 5.76 Å². The van der Waals surface area contributed by atoms with Crippen LogP contribution in [0.5, 0.6) is 0 Å². The molecule has 4 nitrogen and oxygen atoms in total. The molecule has 2 heterocycles. The molecule has 0 aliphatic carbocycles. The number of amides is 1. The molecule has 2 aromatic heterocycles. The van der Waals surface area contributed by atoms with E-state index in [1.54, 1.807) is 11.3 Å². The van der Waals surface area contributed by atoms with E-state index in [4.69, 9.17) is 4.42 Å². The molecule has 0 aliphatic heterocycles. The van der Waals surface area contributed by atoms with Crippen LogP contribution in [0.1, 0.15) is 21.3 Å². The maximum absolute atomic E-state index is 12.6. The van der Waals surface area contributed by atoms with Crippen LogP contribution in [0.25, 0.3) is 21.0 Å². The van der Waals surface area contributed by atoms with Crippen LogP contribution >= 0.6 is 11.3 Å². The number of thiazole rings is 1. The van der Waals surface area contributed by atoms with Crippen molar-refractivity contribution >= 4 is 43.9 Å². The quantitative estimate of drug-likeness (QED) is 0.570. The summed E-state index contributed by atoms with van der Waals surface area (Å²) in [6, 6.07) is 13.4. The molecule has 0 saturated carbocycles. The van der Waals surface area contributed by atoms with E-state index in [1.165, 1.54) is 0 Å². The maximum Gasteiger partial charge on any atom is 0.292 e. The highest BCUT2D eigenvalue weighted by Crippen LogP contribution is 2.28. The molecule has 0 spiro atoms. The molecule has 1 amide bonds. The fourth-order valence-electron chi connectivity index (χ4n) is 2.73. The van der Waals surface area contributed by atoms with E-state index in [1.807, 2.05) is 56.3 Å². The summed E-state index contributed by atoms with van der Waals surface area (Å²) in [6.07, 6.45) is 0. The maximum atomic E-state index is 12.6. The second-order valence-corrected chi connectivity index (χ2v) is 6.64. The van der Waals surface area contributed by atoms with Gasteiger partial charge in [-0.3, -0.25) is 4.79 Å². The average molecular weight is 322 g/mol. The molecular weight excluding hydrogens is 308 g/mol. The number of carbonyl (C=O) groups is 1. The molecule has 5 heteroatoms. The first-order valence-electron chi connectivity index (χ1n) is 7.28. The largest absolute Gasteiger partial charge is 0.455 e. The van der Waals surface area contributed by atoms with E-state index < -0.39 is 0 Å². The zero-order valence-corrected chi connectivity index (χ0v) is 13.5. The number of hydrogen-bond acceptors (Lipinski definition) is 4. The number of nitrogens with zero attached hydrogens (tertiary/aromatic N) is 1. The Morgan fingerprint density at radius 3 is 2.74 bits per heavy atom. The number of carbonyl (C=O) groups excluding carboxylic acids is 1. The Labute approximate surface area is 136 Å². The zero-order valence-electron chi connectivity index (χ0n) is 12.7. The van der Waals surface area contributed by atoms with E-state index >= 15 is 0 Å². The summed E-state index contributed by atoms with van der Waals surface area (Å²) >= 11 is 1.61. The number of aryl methyl sites for hydroxylation is 2. The number of benzene rings is 2. The Hall–Kier alpha value is -2.66. The number of rotatable bonds is 2. The van der Waals surface area contributed by atoms with Gasteiger partial charge >= 0.3 is 0 Å². The third-order valence-electron chi connectivity index (χ3n) is 3.77. The minimum atomic E-state index is -0.241. The standard InChI is InChI=1S/C18H14N2O2S/c1-10-13-5-3-4-6-14(13)17(22-10)18(21)20-12-7-8-15-16(9-12)23-11(2)19-15/h3-9H,1-2H3,(H,20,21). The summed E-state index contributed by atoms with van der Waals surface area (Å²) in [7, 11) is 0. The van der Waals surface area contributed by atoms with Gasteiger partial charge in [0.1, 0.15) is 5.76 Å². The number of furan rings is 1. The van der Waals surface area contributed by atoms with E-state index in [0.717, 1.165) is 37.4 Å². The molecule has 0 atom stereocenters. The summed E-state index contributed by atoms with van der Waals surface area (Å²) in [5.74, 6) is 0.854. The Morgan fingerprint density at radius 1 is 1.13 bits per heavy atom. The highest BCUT2D eigenvalue weighted by molar-refractivity contribution is 7.18. The summed E-state index contributed by atoms with van der Waals surface area (Å²) < 4.78 is 6.73. The van der Waals surface area contributed by atoms with Crippen LogP contribution in [0, 0.1) is 13.8 Å². The molecule has 4 rings (SSSR count). The van der Waals surface area contributed by atoms with Crippen LogP contribution in [0.15, 0.2) is 46.9 Å². The van der Waals surface area contributed by atoms with Crippen LogP contribution in [-0.2, 0) is 0 Å². The van der Waals surface area contributed by atoms with Gasteiger partial charge in [-0.2, -0.15) is 0 Å². The predicted octanol–water partition coefficient (Wildman–Crippen LogP) is 4.91.